The van der Waals surface area contributed by atoms with Crippen molar-refractivity contribution in [3.05, 3.63) is 23.8 Å². The number of aryl methyl sites for hydroxylation is 1. The number of nitrogen functional groups attached to an aromatic ring is 1. The molecule has 4 N–H and O–H groups in total. The molecule has 6 nitrogen and oxygen atoms in total. The number of benzene rings is 1. The third kappa shape index (κ3) is 4.45. The number of nitrogens with two attached hydrogens (primary N) is 1. The number of ether oxygens (including phenoxy) is 1. The van der Waals surface area contributed by atoms with E-state index in [0.29, 0.717) is 5.69 Å². The zero-order valence-electron chi connectivity index (χ0n) is 11.8. The first-order valence-corrected chi connectivity index (χ1v) is 7.93. The van der Waals surface area contributed by atoms with Crippen LogP contribution in [0, 0.1) is 0 Å². The van der Waals surface area contributed by atoms with Crippen LogP contribution in [0.15, 0.2) is 23.1 Å². The lowest BCUT2D eigenvalue weighted by Crippen LogP contribution is -2.38. The van der Waals surface area contributed by atoms with Crippen LogP contribution in [-0.2, 0) is 21.2 Å². The van der Waals surface area contributed by atoms with Crippen molar-refractivity contribution in [3.8, 4) is 0 Å². The third-order valence-corrected chi connectivity index (χ3v) is 4.49. The fraction of sp³-hybridized carbons (Fsp3) is 0.538. The van der Waals surface area contributed by atoms with Crippen molar-refractivity contribution in [1.29, 1.82) is 0 Å². The quantitative estimate of drug-likeness (QED) is 0.607. The SMILES string of the molecule is CCc1ccc(S(=O)(=O)NC(CCO)COC)cc1N. The van der Waals surface area contributed by atoms with E-state index in [4.69, 9.17) is 15.6 Å². The van der Waals surface area contributed by atoms with E-state index < -0.39 is 16.1 Å². The van der Waals surface area contributed by atoms with E-state index in [1.807, 2.05) is 6.92 Å². The molecule has 0 bridgehead atoms. The molecule has 114 valence electrons. The lowest BCUT2D eigenvalue weighted by Gasteiger charge is -2.17. The van der Waals surface area contributed by atoms with Gasteiger partial charge < -0.3 is 15.6 Å². The number of sulfonamides is 1. The van der Waals surface area contributed by atoms with Crippen molar-refractivity contribution >= 4 is 15.7 Å². The molecule has 0 radical (unpaired) electrons. The number of hydrogen-bond donors (Lipinski definition) is 3. The van der Waals surface area contributed by atoms with E-state index >= 15 is 0 Å². The Kier molecular flexibility index (Phi) is 6.41. The Balaban J connectivity index is 2.94. The van der Waals surface area contributed by atoms with Gasteiger partial charge in [0.15, 0.2) is 0 Å². The van der Waals surface area contributed by atoms with Crippen molar-refractivity contribution < 1.29 is 18.3 Å². The maximum absolute atomic E-state index is 12.2. The van der Waals surface area contributed by atoms with Crippen LogP contribution in [0.1, 0.15) is 18.9 Å². The van der Waals surface area contributed by atoms with Gasteiger partial charge in [0.05, 0.1) is 11.5 Å². The highest BCUT2D eigenvalue weighted by atomic mass is 32.2. The zero-order chi connectivity index (χ0) is 15.2. The molecule has 0 aromatic heterocycles. The summed E-state index contributed by atoms with van der Waals surface area (Å²) in [4.78, 5) is 0.117. The number of nitrogens with one attached hydrogen (secondary N) is 1. The summed E-state index contributed by atoms with van der Waals surface area (Å²) in [6, 6.07) is 4.22. The van der Waals surface area contributed by atoms with E-state index in [9.17, 15) is 8.42 Å². The normalized spacial score (nSPS) is 13.3. The lowest BCUT2D eigenvalue weighted by atomic mass is 10.1. The minimum Gasteiger partial charge on any atom is -0.398 e. The van der Waals surface area contributed by atoms with Crippen LogP contribution in [-0.4, -0.2) is 39.9 Å². The third-order valence-electron chi connectivity index (χ3n) is 2.98. The maximum atomic E-state index is 12.2. The monoisotopic (exact) mass is 302 g/mol. The Hall–Kier alpha value is -1.15. The van der Waals surface area contributed by atoms with Crippen LogP contribution in [0.2, 0.25) is 0 Å². The summed E-state index contributed by atoms with van der Waals surface area (Å²) in [5.41, 5.74) is 7.19. The second-order valence-electron chi connectivity index (χ2n) is 4.50. The molecular formula is C13H22N2O4S. The average Bonchev–Trinajstić information content (AvgIpc) is 2.38. The summed E-state index contributed by atoms with van der Waals surface area (Å²) < 4.78 is 31.9. The molecule has 0 fully saturated rings. The fourth-order valence-corrected chi connectivity index (χ4v) is 3.17. The molecular weight excluding hydrogens is 280 g/mol. The van der Waals surface area contributed by atoms with Crippen LogP contribution in [0.25, 0.3) is 0 Å². The molecule has 7 heteroatoms. The van der Waals surface area contributed by atoms with Crippen molar-refractivity contribution in [1.82, 2.24) is 4.72 Å². The summed E-state index contributed by atoms with van der Waals surface area (Å²) in [6.07, 6.45) is 1.03. The van der Waals surface area contributed by atoms with Gasteiger partial charge in [0.25, 0.3) is 0 Å². The highest BCUT2D eigenvalue weighted by Crippen LogP contribution is 2.19. The van der Waals surface area contributed by atoms with Crippen molar-refractivity contribution in [2.24, 2.45) is 0 Å². The van der Waals surface area contributed by atoms with E-state index in [2.05, 4.69) is 4.72 Å². The maximum Gasteiger partial charge on any atom is 0.240 e. The van der Waals surface area contributed by atoms with Gasteiger partial charge in [0.2, 0.25) is 10.0 Å². The van der Waals surface area contributed by atoms with Crippen molar-refractivity contribution in [2.75, 3.05) is 26.1 Å². The van der Waals surface area contributed by atoms with Gasteiger partial charge in [-0.25, -0.2) is 13.1 Å². The molecule has 0 amide bonds. The summed E-state index contributed by atoms with van der Waals surface area (Å²) >= 11 is 0. The van der Waals surface area contributed by atoms with Crippen LogP contribution in [0.3, 0.4) is 0 Å². The Morgan fingerprint density at radius 2 is 2.15 bits per heavy atom. The van der Waals surface area contributed by atoms with Crippen molar-refractivity contribution in [3.63, 3.8) is 0 Å². The van der Waals surface area contributed by atoms with E-state index in [1.165, 1.54) is 19.2 Å². The summed E-state index contributed by atoms with van der Waals surface area (Å²) in [6.45, 7) is 2.03. The Morgan fingerprint density at radius 1 is 1.45 bits per heavy atom. The molecule has 20 heavy (non-hydrogen) atoms. The minimum atomic E-state index is -3.67. The largest absolute Gasteiger partial charge is 0.398 e. The average molecular weight is 302 g/mol. The number of aliphatic hydroxyl groups excluding tert-OH is 1. The molecule has 0 aliphatic carbocycles. The van der Waals surface area contributed by atoms with E-state index in [-0.39, 0.29) is 24.5 Å². The smallest absolute Gasteiger partial charge is 0.240 e. The number of rotatable bonds is 8. The van der Waals surface area contributed by atoms with Gasteiger partial charge in [0.1, 0.15) is 0 Å². The molecule has 0 spiro atoms. The standard InChI is InChI=1S/C13H22N2O4S/c1-3-10-4-5-12(8-13(10)14)20(17,18)15-11(6-7-16)9-19-2/h4-5,8,11,15-16H,3,6-7,9,14H2,1-2H3. The highest BCUT2D eigenvalue weighted by Gasteiger charge is 2.20. The van der Waals surface area contributed by atoms with E-state index in [0.717, 1.165) is 12.0 Å². The Labute approximate surface area is 120 Å². The molecule has 1 unspecified atom stereocenters. The van der Waals surface area contributed by atoms with Gasteiger partial charge in [-0.2, -0.15) is 0 Å². The van der Waals surface area contributed by atoms with Gasteiger partial charge >= 0.3 is 0 Å². The lowest BCUT2D eigenvalue weighted by molar-refractivity contribution is 0.158. The first-order chi connectivity index (χ1) is 9.44. The van der Waals surface area contributed by atoms with Gasteiger partial charge in [-0.3, -0.25) is 0 Å². The zero-order valence-corrected chi connectivity index (χ0v) is 12.6. The summed E-state index contributed by atoms with van der Waals surface area (Å²) in [7, 11) is -2.19. The van der Waals surface area contributed by atoms with Gasteiger partial charge in [0, 0.05) is 25.4 Å². The van der Waals surface area contributed by atoms with E-state index in [1.54, 1.807) is 6.07 Å². The molecule has 0 saturated heterocycles. The predicted molar refractivity (Wildman–Crippen MR) is 77.9 cm³/mol. The fourth-order valence-electron chi connectivity index (χ4n) is 1.88. The van der Waals surface area contributed by atoms with Gasteiger partial charge in [-0.15, -0.1) is 0 Å². The topological polar surface area (TPSA) is 102 Å². The molecule has 0 aliphatic heterocycles. The summed E-state index contributed by atoms with van der Waals surface area (Å²) in [5.74, 6) is 0. The van der Waals surface area contributed by atoms with Gasteiger partial charge in [-0.05, 0) is 30.5 Å². The molecule has 0 aliphatic rings. The van der Waals surface area contributed by atoms with Crippen LogP contribution < -0.4 is 10.5 Å². The Morgan fingerprint density at radius 3 is 2.65 bits per heavy atom. The Bertz CT molecular complexity index is 525. The minimum absolute atomic E-state index is 0.117. The van der Waals surface area contributed by atoms with Crippen LogP contribution >= 0.6 is 0 Å². The molecule has 1 aromatic rings. The number of aliphatic hydroxyl groups is 1. The predicted octanol–water partition coefficient (Wildman–Crippen LogP) is 0.507. The molecule has 0 heterocycles. The summed E-state index contributed by atoms with van der Waals surface area (Å²) in [5, 5.41) is 8.93. The number of methoxy groups -OCH3 is 1. The van der Waals surface area contributed by atoms with Gasteiger partial charge in [-0.1, -0.05) is 13.0 Å². The second kappa shape index (κ2) is 7.58. The number of anilines is 1. The molecule has 0 saturated carbocycles. The van der Waals surface area contributed by atoms with Crippen LogP contribution in [0.5, 0.6) is 0 Å². The van der Waals surface area contributed by atoms with Crippen LogP contribution in [0.4, 0.5) is 5.69 Å². The highest BCUT2D eigenvalue weighted by molar-refractivity contribution is 7.89. The number of hydrogen-bond acceptors (Lipinski definition) is 5. The first-order valence-electron chi connectivity index (χ1n) is 6.45. The molecule has 1 aromatic carbocycles. The molecule has 1 rings (SSSR count). The molecule has 1 atom stereocenters. The second-order valence-corrected chi connectivity index (χ2v) is 6.21. The first kappa shape index (κ1) is 16.9. The van der Waals surface area contributed by atoms with Crippen molar-refractivity contribution in [2.45, 2.75) is 30.7 Å².